The van der Waals surface area contributed by atoms with Crippen molar-refractivity contribution < 1.29 is 4.74 Å². The monoisotopic (exact) mass is 229 g/mol. The molecular weight excluding hydrogens is 214 g/mol. The number of nitrogens with zero attached hydrogens (tertiary/aromatic N) is 1. The molecule has 3 rings (SSSR count). The first kappa shape index (κ1) is 10.2. The van der Waals surface area contributed by atoms with Crippen LogP contribution in [0.1, 0.15) is 12.8 Å². The van der Waals surface area contributed by atoms with E-state index in [1.165, 1.54) is 0 Å². The highest BCUT2D eigenvalue weighted by Gasteiger charge is 2.10. The lowest BCUT2D eigenvalue weighted by Crippen LogP contribution is -2.22. The second-order valence-corrected chi connectivity index (χ2v) is 4.26. The van der Waals surface area contributed by atoms with Crippen LogP contribution in [0.5, 0.6) is 0 Å². The van der Waals surface area contributed by atoms with Crippen LogP contribution in [0.15, 0.2) is 36.7 Å². The molecule has 0 saturated carbocycles. The van der Waals surface area contributed by atoms with E-state index >= 15 is 0 Å². The lowest BCUT2D eigenvalue weighted by Gasteiger charge is -2.20. The van der Waals surface area contributed by atoms with Crippen molar-refractivity contribution in [3.63, 3.8) is 0 Å². The highest BCUT2D eigenvalue weighted by atomic mass is 16.5. The highest BCUT2D eigenvalue weighted by Crippen LogP contribution is 2.17. The summed E-state index contributed by atoms with van der Waals surface area (Å²) in [6.45, 7) is 0.841. The molecule has 4 heteroatoms. The van der Waals surface area contributed by atoms with Crippen molar-refractivity contribution >= 4 is 16.6 Å². The Morgan fingerprint density at radius 1 is 1.47 bits per heavy atom. The molecule has 0 aliphatic carbocycles. The third-order valence-corrected chi connectivity index (χ3v) is 3.00. The quantitative estimate of drug-likeness (QED) is 0.850. The van der Waals surface area contributed by atoms with Crippen molar-refractivity contribution in [1.82, 2.24) is 10.2 Å². The number of hydrogen-bond donors (Lipinski definition) is 2. The molecule has 0 saturated heterocycles. The molecule has 1 aromatic heterocycles. The minimum atomic E-state index is 0.278. The fraction of sp³-hybridized carbons (Fsp3) is 0.308. The number of hydrogen-bond acceptors (Lipinski definition) is 3. The van der Waals surface area contributed by atoms with Gasteiger partial charge in [-0.1, -0.05) is 0 Å². The maximum absolute atomic E-state index is 5.51. The molecule has 0 radical (unpaired) electrons. The Morgan fingerprint density at radius 2 is 2.47 bits per heavy atom. The number of H-pyrrole nitrogens is 1. The predicted octanol–water partition coefficient (Wildman–Crippen LogP) is 2.67. The van der Waals surface area contributed by atoms with Crippen LogP contribution in [0.2, 0.25) is 0 Å². The van der Waals surface area contributed by atoms with Gasteiger partial charge < -0.3 is 10.1 Å². The molecule has 0 bridgehead atoms. The van der Waals surface area contributed by atoms with Gasteiger partial charge in [-0.3, -0.25) is 5.10 Å². The van der Waals surface area contributed by atoms with Gasteiger partial charge in [-0.2, -0.15) is 5.10 Å². The molecule has 2 heterocycles. The van der Waals surface area contributed by atoms with Crippen LogP contribution < -0.4 is 5.32 Å². The van der Waals surface area contributed by atoms with Gasteiger partial charge in [0.1, 0.15) is 6.10 Å². The minimum absolute atomic E-state index is 0.278. The van der Waals surface area contributed by atoms with Crippen LogP contribution >= 0.6 is 0 Å². The maximum Gasteiger partial charge on any atom is 0.115 e. The number of allylic oxidation sites excluding steroid dienone is 1. The Labute approximate surface area is 99.7 Å². The molecule has 1 aromatic carbocycles. The van der Waals surface area contributed by atoms with Gasteiger partial charge in [-0.05, 0) is 37.1 Å². The van der Waals surface area contributed by atoms with E-state index in [2.05, 4.69) is 33.7 Å². The molecule has 17 heavy (non-hydrogen) atoms. The van der Waals surface area contributed by atoms with Crippen molar-refractivity contribution in [2.75, 3.05) is 11.9 Å². The second-order valence-electron chi connectivity index (χ2n) is 4.26. The average molecular weight is 229 g/mol. The van der Waals surface area contributed by atoms with E-state index in [4.69, 9.17) is 4.74 Å². The van der Waals surface area contributed by atoms with E-state index in [1.807, 2.05) is 12.3 Å². The van der Waals surface area contributed by atoms with Gasteiger partial charge in [0.05, 0.1) is 24.5 Å². The molecule has 0 amide bonds. The van der Waals surface area contributed by atoms with Crippen LogP contribution in [0.25, 0.3) is 10.9 Å². The van der Waals surface area contributed by atoms with Crippen LogP contribution in [0.3, 0.4) is 0 Å². The lowest BCUT2D eigenvalue weighted by atomic mass is 10.1. The van der Waals surface area contributed by atoms with Gasteiger partial charge in [-0.25, -0.2) is 0 Å². The molecule has 2 N–H and O–H groups in total. The Bertz CT molecular complexity index is 532. The summed E-state index contributed by atoms with van der Waals surface area (Å²) >= 11 is 0. The highest BCUT2D eigenvalue weighted by molar-refractivity contribution is 5.81. The number of aromatic nitrogens is 2. The van der Waals surface area contributed by atoms with E-state index in [-0.39, 0.29) is 6.10 Å². The normalized spacial score (nSPS) is 19.2. The standard InChI is InChI=1S/C13H15N3O/c1-2-6-17-12(3-1)9-14-11-4-5-13-10(7-11)8-15-16-13/h2,4-8,12,14H,1,3,9H2,(H,15,16). The summed E-state index contributed by atoms with van der Waals surface area (Å²) in [5.41, 5.74) is 2.17. The van der Waals surface area contributed by atoms with Gasteiger partial charge >= 0.3 is 0 Å². The third kappa shape index (κ3) is 2.25. The smallest absolute Gasteiger partial charge is 0.115 e. The summed E-state index contributed by atoms with van der Waals surface area (Å²) in [6, 6.07) is 6.18. The Balaban J connectivity index is 1.65. The number of ether oxygens (including phenoxy) is 1. The van der Waals surface area contributed by atoms with Gasteiger partial charge in [0.15, 0.2) is 0 Å². The van der Waals surface area contributed by atoms with Gasteiger partial charge in [0.25, 0.3) is 0 Å². The summed E-state index contributed by atoms with van der Waals surface area (Å²) in [6.07, 6.45) is 8.16. The summed E-state index contributed by atoms with van der Waals surface area (Å²) in [5.74, 6) is 0. The molecule has 0 fully saturated rings. The van der Waals surface area contributed by atoms with E-state index < -0.39 is 0 Å². The summed E-state index contributed by atoms with van der Waals surface area (Å²) in [5, 5.41) is 11.5. The van der Waals surface area contributed by atoms with Crippen LogP contribution in [0, 0.1) is 0 Å². The number of anilines is 1. The molecule has 0 spiro atoms. The maximum atomic E-state index is 5.51. The van der Waals surface area contributed by atoms with Gasteiger partial charge in [0, 0.05) is 11.1 Å². The third-order valence-electron chi connectivity index (χ3n) is 3.00. The predicted molar refractivity (Wildman–Crippen MR) is 67.8 cm³/mol. The molecule has 1 unspecified atom stereocenters. The van der Waals surface area contributed by atoms with Crippen LogP contribution in [-0.4, -0.2) is 22.8 Å². The Morgan fingerprint density at radius 3 is 3.35 bits per heavy atom. The first-order valence-electron chi connectivity index (χ1n) is 5.89. The van der Waals surface area contributed by atoms with Crippen molar-refractivity contribution in [2.24, 2.45) is 0 Å². The number of rotatable bonds is 3. The van der Waals surface area contributed by atoms with Crippen molar-refractivity contribution in [3.05, 3.63) is 36.7 Å². The van der Waals surface area contributed by atoms with Gasteiger partial charge in [-0.15, -0.1) is 0 Å². The van der Waals surface area contributed by atoms with Crippen molar-refractivity contribution in [1.29, 1.82) is 0 Å². The molecule has 4 nitrogen and oxygen atoms in total. The Hall–Kier alpha value is -1.97. The summed E-state index contributed by atoms with van der Waals surface area (Å²) in [7, 11) is 0. The average Bonchev–Trinajstić information content (AvgIpc) is 2.85. The molecule has 1 aliphatic heterocycles. The summed E-state index contributed by atoms with van der Waals surface area (Å²) in [4.78, 5) is 0. The number of benzene rings is 1. The summed E-state index contributed by atoms with van der Waals surface area (Å²) < 4.78 is 5.51. The van der Waals surface area contributed by atoms with Crippen molar-refractivity contribution in [3.8, 4) is 0 Å². The SMILES string of the molecule is C1=COC(CNc2ccc3[nH]ncc3c2)CC1. The zero-order chi connectivity index (χ0) is 11.5. The van der Waals surface area contributed by atoms with E-state index in [1.54, 1.807) is 6.26 Å². The molecule has 1 atom stereocenters. The second kappa shape index (κ2) is 4.49. The van der Waals surface area contributed by atoms with Gasteiger partial charge in [0.2, 0.25) is 0 Å². The lowest BCUT2D eigenvalue weighted by molar-refractivity contribution is 0.135. The first-order chi connectivity index (χ1) is 8.42. The molecular formula is C13H15N3O. The fourth-order valence-electron chi connectivity index (χ4n) is 2.02. The number of aromatic amines is 1. The van der Waals surface area contributed by atoms with E-state index in [0.717, 1.165) is 36.0 Å². The van der Waals surface area contributed by atoms with E-state index in [0.29, 0.717) is 0 Å². The van der Waals surface area contributed by atoms with Crippen molar-refractivity contribution in [2.45, 2.75) is 18.9 Å². The number of nitrogens with one attached hydrogen (secondary N) is 2. The zero-order valence-electron chi connectivity index (χ0n) is 9.52. The Kier molecular flexibility index (Phi) is 2.69. The zero-order valence-corrected chi connectivity index (χ0v) is 9.52. The van der Waals surface area contributed by atoms with E-state index in [9.17, 15) is 0 Å². The van der Waals surface area contributed by atoms with Crippen LogP contribution in [-0.2, 0) is 4.74 Å². The topological polar surface area (TPSA) is 49.9 Å². The largest absolute Gasteiger partial charge is 0.497 e. The minimum Gasteiger partial charge on any atom is -0.497 e. The molecule has 1 aliphatic rings. The van der Waals surface area contributed by atoms with Crippen LogP contribution in [0.4, 0.5) is 5.69 Å². The molecule has 88 valence electrons. The molecule has 2 aromatic rings. The fourth-order valence-corrected chi connectivity index (χ4v) is 2.02. The number of fused-ring (bicyclic) bond motifs is 1. The first-order valence-corrected chi connectivity index (χ1v) is 5.89.